The highest BCUT2D eigenvalue weighted by atomic mass is 16.5. The van der Waals surface area contributed by atoms with Crippen LogP contribution < -0.4 is 10.5 Å². The average molecular weight is 244 g/mol. The minimum atomic E-state index is 0.0496. The molecule has 4 heteroatoms. The molecule has 2 rings (SSSR count). The Morgan fingerprint density at radius 2 is 2.11 bits per heavy atom. The van der Waals surface area contributed by atoms with Gasteiger partial charge in [0, 0.05) is 30.4 Å². The Hall–Kier alpha value is -2.07. The van der Waals surface area contributed by atoms with Gasteiger partial charge in [0.1, 0.15) is 11.5 Å². The van der Waals surface area contributed by atoms with Gasteiger partial charge in [0.15, 0.2) is 0 Å². The standard InChI is InChI=1S/C14H16N2O2/c15-9-11(14-6-1-2-7-16-14)10-18-13-5-3-4-12(17)8-13/h1-8,11,17H,9-10,15H2. The monoisotopic (exact) mass is 244 g/mol. The lowest BCUT2D eigenvalue weighted by Crippen LogP contribution is -2.20. The molecule has 0 spiro atoms. The summed E-state index contributed by atoms with van der Waals surface area (Å²) >= 11 is 0. The number of aromatic nitrogens is 1. The second-order valence-electron chi connectivity index (χ2n) is 4.00. The molecule has 18 heavy (non-hydrogen) atoms. The van der Waals surface area contributed by atoms with E-state index >= 15 is 0 Å². The summed E-state index contributed by atoms with van der Waals surface area (Å²) in [7, 11) is 0. The Morgan fingerprint density at radius 1 is 1.22 bits per heavy atom. The molecule has 0 saturated heterocycles. The molecule has 4 nitrogen and oxygen atoms in total. The third-order valence-electron chi connectivity index (χ3n) is 2.66. The molecule has 1 aromatic carbocycles. The van der Waals surface area contributed by atoms with E-state index in [0.717, 1.165) is 5.69 Å². The lowest BCUT2D eigenvalue weighted by molar-refractivity contribution is 0.287. The number of rotatable bonds is 5. The van der Waals surface area contributed by atoms with Crippen molar-refractivity contribution >= 4 is 0 Å². The van der Waals surface area contributed by atoms with E-state index in [2.05, 4.69) is 4.98 Å². The summed E-state index contributed by atoms with van der Waals surface area (Å²) < 4.78 is 5.61. The molecule has 94 valence electrons. The Labute approximate surface area is 106 Å². The third kappa shape index (κ3) is 3.21. The van der Waals surface area contributed by atoms with Crippen LogP contribution >= 0.6 is 0 Å². The van der Waals surface area contributed by atoms with E-state index in [1.165, 1.54) is 0 Å². The second-order valence-corrected chi connectivity index (χ2v) is 4.00. The zero-order valence-corrected chi connectivity index (χ0v) is 9.99. The average Bonchev–Trinajstić information content (AvgIpc) is 2.41. The van der Waals surface area contributed by atoms with Gasteiger partial charge in [0.2, 0.25) is 0 Å². The van der Waals surface area contributed by atoms with Crippen molar-refractivity contribution in [2.24, 2.45) is 5.73 Å². The number of nitrogens with zero attached hydrogens (tertiary/aromatic N) is 1. The molecule has 0 aliphatic carbocycles. The molecule has 1 aromatic heterocycles. The van der Waals surface area contributed by atoms with E-state index in [1.54, 1.807) is 30.5 Å². The van der Waals surface area contributed by atoms with E-state index in [0.29, 0.717) is 18.9 Å². The minimum Gasteiger partial charge on any atom is -0.508 e. The highest BCUT2D eigenvalue weighted by Gasteiger charge is 2.11. The van der Waals surface area contributed by atoms with Gasteiger partial charge in [0.05, 0.1) is 6.61 Å². The molecule has 0 aliphatic rings. The van der Waals surface area contributed by atoms with Crippen molar-refractivity contribution in [3.05, 3.63) is 54.4 Å². The number of nitrogens with two attached hydrogens (primary N) is 1. The van der Waals surface area contributed by atoms with Crippen molar-refractivity contribution in [3.8, 4) is 11.5 Å². The van der Waals surface area contributed by atoms with Crippen LogP contribution in [-0.4, -0.2) is 23.2 Å². The maximum atomic E-state index is 9.34. The predicted octanol–water partition coefficient (Wildman–Crippen LogP) is 1.91. The van der Waals surface area contributed by atoms with Crippen molar-refractivity contribution in [2.45, 2.75) is 5.92 Å². The highest BCUT2D eigenvalue weighted by Crippen LogP contribution is 2.20. The fourth-order valence-corrected chi connectivity index (χ4v) is 1.66. The number of phenolic OH excluding ortho intramolecular Hbond substituents is 1. The van der Waals surface area contributed by atoms with Crippen LogP contribution in [0.1, 0.15) is 11.6 Å². The first-order chi connectivity index (χ1) is 8.79. The molecule has 3 N–H and O–H groups in total. The van der Waals surface area contributed by atoms with Gasteiger partial charge in [-0.2, -0.15) is 0 Å². The number of pyridine rings is 1. The summed E-state index contributed by atoms with van der Waals surface area (Å²) in [5.41, 5.74) is 6.65. The van der Waals surface area contributed by atoms with Gasteiger partial charge in [0.25, 0.3) is 0 Å². The second kappa shape index (κ2) is 6.02. The molecule has 0 amide bonds. The van der Waals surface area contributed by atoms with Crippen molar-refractivity contribution in [1.82, 2.24) is 4.98 Å². The van der Waals surface area contributed by atoms with Crippen LogP contribution in [0.2, 0.25) is 0 Å². The topological polar surface area (TPSA) is 68.4 Å². The van der Waals surface area contributed by atoms with Crippen molar-refractivity contribution in [3.63, 3.8) is 0 Å². The SMILES string of the molecule is NCC(COc1cccc(O)c1)c1ccccn1. The quantitative estimate of drug-likeness (QED) is 0.843. The Kier molecular flexibility index (Phi) is 4.15. The molecule has 0 radical (unpaired) electrons. The van der Waals surface area contributed by atoms with Gasteiger partial charge >= 0.3 is 0 Å². The summed E-state index contributed by atoms with van der Waals surface area (Å²) in [4.78, 5) is 4.27. The maximum absolute atomic E-state index is 9.34. The summed E-state index contributed by atoms with van der Waals surface area (Å²) in [6, 6.07) is 12.4. The Balaban J connectivity index is 2.00. The fraction of sp³-hybridized carbons (Fsp3) is 0.214. The van der Waals surface area contributed by atoms with Crippen molar-refractivity contribution in [1.29, 1.82) is 0 Å². The maximum Gasteiger partial charge on any atom is 0.123 e. The summed E-state index contributed by atoms with van der Waals surface area (Å²) in [6.45, 7) is 0.910. The number of benzene rings is 1. The van der Waals surface area contributed by atoms with Crippen molar-refractivity contribution in [2.75, 3.05) is 13.2 Å². The molecule has 2 aromatic rings. The summed E-state index contributed by atoms with van der Waals surface area (Å²) in [6.07, 6.45) is 1.74. The first kappa shape index (κ1) is 12.4. The van der Waals surface area contributed by atoms with E-state index in [-0.39, 0.29) is 11.7 Å². The van der Waals surface area contributed by atoms with Gasteiger partial charge in [-0.15, -0.1) is 0 Å². The zero-order chi connectivity index (χ0) is 12.8. The molecular formula is C14H16N2O2. The number of hydrogen-bond donors (Lipinski definition) is 2. The van der Waals surface area contributed by atoms with Gasteiger partial charge in [-0.25, -0.2) is 0 Å². The largest absolute Gasteiger partial charge is 0.508 e. The molecular weight excluding hydrogens is 228 g/mol. The van der Waals surface area contributed by atoms with E-state index in [1.807, 2.05) is 18.2 Å². The Morgan fingerprint density at radius 3 is 2.78 bits per heavy atom. The van der Waals surface area contributed by atoms with Gasteiger partial charge in [-0.05, 0) is 24.3 Å². The van der Waals surface area contributed by atoms with Crippen LogP contribution in [0.4, 0.5) is 0 Å². The van der Waals surface area contributed by atoms with Crippen molar-refractivity contribution < 1.29 is 9.84 Å². The molecule has 1 unspecified atom stereocenters. The smallest absolute Gasteiger partial charge is 0.123 e. The van der Waals surface area contributed by atoms with E-state index in [9.17, 15) is 5.11 Å². The first-order valence-electron chi connectivity index (χ1n) is 5.82. The van der Waals surface area contributed by atoms with Crippen LogP contribution in [0.15, 0.2) is 48.7 Å². The lowest BCUT2D eigenvalue weighted by atomic mass is 10.1. The van der Waals surface area contributed by atoms with Crippen LogP contribution in [-0.2, 0) is 0 Å². The number of aromatic hydroxyl groups is 1. The van der Waals surface area contributed by atoms with Crippen LogP contribution in [0.25, 0.3) is 0 Å². The van der Waals surface area contributed by atoms with Crippen LogP contribution in [0.5, 0.6) is 11.5 Å². The fourth-order valence-electron chi connectivity index (χ4n) is 1.66. The number of ether oxygens (including phenoxy) is 1. The molecule has 0 bridgehead atoms. The normalized spacial score (nSPS) is 12.1. The molecule has 0 saturated carbocycles. The first-order valence-corrected chi connectivity index (χ1v) is 5.82. The van der Waals surface area contributed by atoms with Gasteiger partial charge in [-0.3, -0.25) is 4.98 Å². The van der Waals surface area contributed by atoms with Gasteiger partial charge < -0.3 is 15.6 Å². The minimum absolute atomic E-state index is 0.0496. The molecule has 0 fully saturated rings. The summed E-state index contributed by atoms with van der Waals surface area (Å²) in [5, 5.41) is 9.34. The van der Waals surface area contributed by atoms with E-state index in [4.69, 9.17) is 10.5 Å². The van der Waals surface area contributed by atoms with Gasteiger partial charge in [-0.1, -0.05) is 12.1 Å². The molecule has 1 heterocycles. The molecule has 1 atom stereocenters. The van der Waals surface area contributed by atoms with E-state index < -0.39 is 0 Å². The number of hydrogen-bond acceptors (Lipinski definition) is 4. The zero-order valence-electron chi connectivity index (χ0n) is 9.99. The molecule has 0 aliphatic heterocycles. The Bertz CT molecular complexity index is 488. The lowest BCUT2D eigenvalue weighted by Gasteiger charge is -2.15. The highest BCUT2D eigenvalue weighted by molar-refractivity contribution is 5.31. The van der Waals surface area contributed by atoms with Crippen LogP contribution in [0, 0.1) is 0 Å². The number of phenols is 1. The van der Waals surface area contributed by atoms with Crippen LogP contribution in [0.3, 0.4) is 0 Å². The third-order valence-corrected chi connectivity index (χ3v) is 2.66. The summed E-state index contributed by atoms with van der Waals surface area (Å²) in [5.74, 6) is 0.868. The predicted molar refractivity (Wildman–Crippen MR) is 69.6 cm³/mol.